The third-order valence-electron chi connectivity index (χ3n) is 6.27. The van der Waals surface area contributed by atoms with E-state index < -0.39 is 5.54 Å². The lowest BCUT2D eigenvalue weighted by molar-refractivity contribution is -0.149. The first-order chi connectivity index (χ1) is 17.3. The number of benzene rings is 1. The van der Waals surface area contributed by atoms with Gasteiger partial charge in [-0.3, -0.25) is 24.9 Å². The van der Waals surface area contributed by atoms with Crippen molar-refractivity contribution in [1.82, 2.24) is 29.8 Å². The molecule has 1 saturated heterocycles. The fourth-order valence-corrected chi connectivity index (χ4v) is 4.10. The monoisotopic (exact) mass is 510 g/mol. The number of nitrogens with two attached hydrogens (primary N) is 1. The van der Waals surface area contributed by atoms with E-state index in [1.54, 1.807) is 33.0 Å². The largest absolute Gasteiger partial charge is 0.329 e. The molecule has 37 heavy (non-hydrogen) atoms. The summed E-state index contributed by atoms with van der Waals surface area (Å²) in [6.45, 7) is 12.7. The molecule has 1 aliphatic heterocycles. The Morgan fingerprint density at radius 1 is 1.22 bits per heavy atom. The van der Waals surface area contributed by atoms with Crippen molar-refractivity contribution in [2.75, 3.05) is 20.1 Å². The van der Waals surface area contributed by atoms with Crippen LogP contribution >= 0.6 is 0 Å². The number of guanidine groups is 1. The zero-order chi connectivity index (χ0) is 27.5. The molecule has 0 bridgehead atoms. The number of rotatable bonds is 2. The predicted molar refractivity (Wildman–Crippen MR) is 141 cm³/mol. The van der Waals surface area contributed by atoms with Crippen molar-refractivity contribution in [1.29, 1.82) is 0 Å². The van der Waals surface area contributed by atoms with Gasteiger partial charge in [0, 0.05) is 31.3 Å². The van der Waals surface area contributed by atoms with Gasteiger partial charge in [0.15, 0.2) is 5.65 Å². The third kappa shape index (κ3) is 5.77. The number of piperazine rings is 1. The van der Waals surface area contributed by atoms with Crippen LogP contribution in [0.4, 0.5) is 4.39 Å². The molecule has 198 valence electrons. The van der Waals surface area contributed by atoms with Crippen LogP contribution in [0.25, 0.3) is 16.9 Å². The topological polar surface area (TPSA) is 121 Å². The van der Waals surface area contributed by atoms with E-state index in [0.29, 0.717) is 25.5 Å². The van der Waals surface area contributed by atoms with Crippen LogP contribution in [0.5, 0.6) is 0 Å². The number of imidazole rings is 1. The van der Waals surface area contributed by atoms with Crippen LogP contribution in [0.3, 0.4) is 0 Å². The Morgan fingerprint density at radius 2 is 1.86 bits per heavy atom. The molecule has 1 aliphatic rings. The van der Waals surface area contributed by atoms with Gasteiger partial charge < -0.3 is 4.90 Å². The molecule has 0 radical (unpaired) electrons. The molecular weight excluding hydrogens is 475 g/mol. The summed E-state index contributed by atoms with van der Waals surface area (Å²) in [6.07, 6.45) is 2.60. The number of halogens is 1. The van der Waals surface area contributed by atoms with Crippen molar-refractivity contribution in [2.24, 2.45) is 10.8 Å². The summed E-state index contributed by atoms with van der Waals surface area (Å²) >= 11 is 0. The van der Waals surface area contributed by atoms with Crippen LogP contribution in [0.2, 0.25) is 0 Å². The van der Waals surface area contributed by atoms with Gasteiger partial charge in [-0.25, -0.2) is 19.7 Å². The lowest BCUT2D eigenvalue weighted by Crippen LogP contribution is -2.65. The van der Waals surface area contributed by atoms with Crippen LogP contribution in [-0.4, -0.2) is 68.4 Å². The summed E-state index contributed by atoms with van der Waals surface area (Å²) in [4.78, 5) is 34.3. The molecule has 3 heterocycles. The van der Waals surface area contributed by atoms with E-state index in [2.05, 4.69) is 47.3 Å². The van der Waals surface area contributed by atoms with Crippen molar-refractivity contribution in [2.45, 2.75) is 52.5 Å². The third-order valence-corrected chi connectivity index (χ3v) is 6.27. The molecule has 4 rings (SSSR count). The highest BCUT2D eigenvalue weighted by Crippen LogP contribution is 2.29. The van der Waals surface area contributed by atoms with Gasteiger partial charge in [0.2, 0.25) is 12.4 Å². The summed E-state index contributed by atoms with van der Waals surface area (Å²) in [7, 11) is 1.54. The Kier molecular flexibility index (Phi) is 7.97. The first-order valence-electron chi connectivity index (χ1n) is 11.9. The zero-order valence-corrected chi connectivity index (χ0v) is 22.4. The van der Waals surface area contributed by atoms with Crippen molar-refractivity contribution >= 4 is 23.9 Å². The van der Waals surface area contributed by atoms with Gasteiger partial charge in [-0.05, 0) is 56.5 Å². The summed E-state index contributed by atoms with van der Waals surface area (Å²) in [5.41, 5.74) is 6.12. The summed E-state index contributed by atoms with van der Waals surface area (Å²) in [5.74, 6) is 5.14. The van der Waals surface area contributed by atoms with E-state index in [0.717, 1.165) is 28.2 Å². The van der Waals surface area contributed by atoms with E-state index in [9.17, 15) is 14.0 Å². The van der Waals surface area contributed by atoms with Crippen LogP contribution in [0.1, 0.15) is 45.9 Å². The average Bonchev–Trinajstić information content (AvgIpc) is 3.22. The number of amides is 2. The minimum Gasteiger partial charge on any atom is -0.329 e. The second kappa shape index (κ2) is 10.6. The minimum absolute atomic E-state index is 0.0449. The zero-order valence-electron chi connectivity index (χ0n) is 22.4. The highest BCUT2D eigenvalue weighted by molar-refractivity contribution is 6.02. The summed E-state index contributed by atoms with van der Waals surface area (Å²) in [6, 6.07) is 8.46. The highest BCUT2D eigenvalue weighted by Gasteiger charge is 2.42. The number of hydrazine groups is 1. The molecule has 10 nitrogen and oxygen atoms in total. The average molecular weight is 511 g/mol. The fourth-order valence-electron chi connectivity index (χ4n) is 4.10. The first-order valence-corrected chi connectivity index (χ1v) is 11.9. The van der Waals surface area contributed by atoms with Gasteiger partial charge in [0.1, 0.15) is 11.4 Å². The molecule has 0 spiro atoms. The van der Waals surface area contributed by atoms with Gasteiger partial charge in [0.05, 0.1) is 17.6 Å². The molecule has 11 heteroatoms. The van der Waals surface area contributed by atoms with Crippen LogP contribution in [-0.2, 0) is 15.0 Å². The van der Waals surface area contributed by atoms with Crippen LogP contribution in [0.15, 0.2) is 41.5 Å². The number of carbonyl (C=O) groups excluding carboxylic acids is 2. The fraction of sp³-hybridized carbons (Fsp3) is 0.423. The predicted octanol–water partition coefficient (Wildman–Crippen LogP) is 2.66. The van der Waals surface area contributed by atoms with Crippen LogP contribution < -0.4 is 11.3 Å². The molecular formula is C26H35FN8O2. The van der Waals surface area contributed by atoms with E-state index in [1.807, 2.05) is 17.6 Å². The lowest BCUT2D eigenvalue weighted by atomic mass is 9.87. The van der Waals surface area contributed by atoms with E-state index in [1.165, 1.54) is 21.9 Å². The van der Waals surface area contributed by atoms with Gasteiger partial charge >= 0.3 is 0 Å². The molecule has 3 N–H and O–H groups in total. The molecule has 2 amide bonds. The second-order valence-corrected chi connectivity index (χ2v) is 10.4. The van der Waals surface area contributed by atoms with Gasteiger partial charge in [0.25, 0.3) is 5.91 Å². The van der Waals surface area contributed by atoms with E-state index >= 15 is 0 Å². The Bertz CT molecular complexity index is 1310. The van der Waals surface area contributed by atoms with Crippen molar-refractivity contribution in [3.63, 3.8) is 0 Å². The molecule has 0 aliphatic carbocycles. The van der Waals surface area contributed by atoms with Gasteiger partial charge in [-0.1, -0.05) is 20.8 Å². The van der Waals surface area contributed by atoms with Crippen molar-refractivity contribution in [3.05, 3.63) is 53.6 Å². The summed E-state index contributed by atoms with van der Waals surface area (Å²) < 4.78 is 14.9. The first kappa shape index (κ1) is 27.7. The maximum absolute atomic E-state index is 13.1. The second-order valence-electron chi connectivity index (χ2n) is 10.4. The number of nitrogens with one attached hydrogen (secondary N) is 1. The van der Waals surface area contributed by atoms with Gasteiger partial charge in [-0.15, -0.1) is 0 Å². The minimum atomic E-state index is -0.868. The molecule has 1 fully saturated rings. The highest BCUT2D eigenvalue weighted by atomic mass is 19.1. The number of nitrogens with zero attached hydrogens (tertiary/aromatic N) is 6. The summed E-state index contributed by atoms with van der Waals surface area (Å²) in [5, 5.41) is 4.60. The smallest absolute Gasteiger partial charge is 0.254 e. The Hall–Kier alpha value is -3.86. The quantitative estimate of drug-likeness (QED) is 0.180. The molecule has 1 aromatic carbocycles. The number of hydrogen-bond donors (Lipinski definition) is 2. The SMILES string of the molecule is CN=C(NN)N1CCN(C=O)C(C)(C)C1=O.Cc1cn2nc(-c3ccc(F)cc3)cc(C(C)(C)C)c2n1. The standard InChI is InChI=1S/C17H18FN3.C9H17N5O2/c1-11-10-21-16(19-11)14(17(2,3)4)9-15(20-21)12-5-7-13(18)8-6-12;1-9(2)7(16)14(8(11-3)12-10)5-4-13(9)6-15/h5-10H,1-4H3;6H,4-5,10H2,1-3H3,(H,11,12). The molecule has 3 aromatic rings. The number of carbonyl (C=O) groups is 2. The molecule has 2 aromatic heterocycles. The van der Waals surface area contributed by atoms with Crippen LogP contribution in [0, 0.1) is 12.7 Å². The Balaban J connectivity index is 0.000000214. The molecule has 0 unspecified atom stereocenters. The number of aryl methyl sites for hydroxylation is 1. The van der Waals surface area contributed by atoms with E-state index in [-0.39, 0.29) is 17.1 Å². The molecule has 0 atom stereocenters. The number of aromatic nitrogens is 3. The van der Waals surface area contributed by atoms with Crippen molar-refractivity contribution < 1.29 is 14.0 Å². The lowest BCUT2D eigenvalue weighted by Gasteiger charge is -2.43. The normalized spacial score (nSPS) is 15.9. The number of aliphatic imine (C=N–C) groups is 1. The maximum atomic E-state index is 13.1. The van der Waals surface area contributed by atoms with Gasteiger partial charge in [-0.2, -0.15) is 5.10 Å². The number of hydrogen-bond acceptors (Lipinski definition) is 6. The van der Waals surface area contributed by atoms with E-state index in [4.69, 9.17) is 5.84 Å². The Morgan fingerprint density at radius 3 is 2.41 bits per heavy atom. The molecule has 0 saturated carbocycles. The number of fused-ring (bicyclic) bond motifs is 1. The van der Waals surface area contributed by atoms with Crippen molar-refractivity contribution in [3.8, 4) is 11.3 Å². The Labute approximate surface area is 216 Å². The maximum Gasteiger partial charge on any atom is 0.254 e.